The van der Waals surface area contributed by atoms with Crippen molar-refractivity contribution in [2.24, 2.45) is 5.92 Å². The topological polar surface area (TPSA) is 62.3 Å². The van der Waals surface area contributed by atoms with E-state index in [-0.39, 0.29) is 17.7 Å². The molecular formula is C20H23N3O2. The van der Waals surface area contributed by atoms with Gasteiger partial charge in [-0.3, -0.25) is 9.78 Å². The van der Waals surface area contributed by atoms with E-state index in [1.54, 1.807) is 11.1 Å². The number of nitrogens with one attached hydrogen (secondary N) is 1. The summed E-state index contributed by atoms with van der Waals surface area (Å²) in [5, 5.41) is 3.00. The van der Waals surface area contributed by atoms with Crippen LogP contribution in [-0.4, -0.2) is 34.8 Å². The number of nitrogens with zero attached hydrogens (tertiary/aromatic N) is 2. The van der Waals surface area contributed by atoms with Crippen LogP contribution in [0.1, 0.15) is 30.2 Å². The minimum absolute atomic E-state index is 0.0870. The van der Waals surface area contributed by atoms with Crippen molar-refractivity contribution in [3.63, 3.8) is 0 Å². The number of Topliss-reactive ketones (excluding diaryl/α,β-unsaturated/α-hetero) is 1. The Bertz CT molecular complexity index is 774. The summed E-state index contributed by atoms with van der Waals surface area (Å²) in [6.45, 7) is 4.82. The number of amides is 2. The van der Waals surface area contributed by atoms with Gasteiger partial charge in [-0.2, -0.15) is 0 Å². The van der Waals surface area contributed by atoms with Crippen molar-refractivity contribution in [1.29, 1.82) is 0 Å². The van der Waals surface area contributed by atoms with Gasteiger partial charge in [-0.25, -0.2) is 4.79 Å². The van der Waals surface area contributed by atoms with Crippen LogP contribution in [0.4, 0.5) is 10.5 Å². The number of carbonyl (C=O) groups is 2. The number of likely N-dealkylation sites (tertiary alicyclic amines) is 1. The Balaban J connectivity index is 1.70. The van der Waals surface area contributed by atoms with E-state index < -0.39 is 0 Å². The average Bonchev–Trinajstić information content (AvgIpc) is 2.61. The van der Waals surface area contributed by atoms with Gasteiger partial charge in [-0.1, -0.05) is 25.1 Å². The molecule has 2 aromatic rings. The maximum Gasteiger partial charge on any atom is 0.321 e. The lowest BCUT2D eigenvalue weighted by molar-refractivity contribution is -0.124. The van der Waals surface area contributed by atoms with Gasteiger partial charge in [0, 0.05) is 49.4 Å². The summed E-state index contributed by atoms with van der Waals surface area (Å²) >= 11 is 0. The molecule has 1 fully saturated rings. The van der Waals surface area contributed by atoms with Crippen LogP contribution in [0.15, 0.2) is 42.6 Å². The molecule has 0 saturated carbocycles. The number of urea groups is 1. The average molecular weight is 337 g/mol. The molecule has 1 aliphatic rings. The van der Waals surface area contributed by atoms with Gasteiger partial charge in [0.1, 0.15) is 5.78 Å². The van der Waals surface area contributed by atoms with E-state index in [0.717, 1.165) is 28.9 Å². The van der Waals surface area contributed by atoms with Gasteiger partial charge >= 0.3 is 6.03 Å². The molecule has 130 valence electrons. The predicted molar refractivity (Wildman–Crippen MR) is 97.6 cm³/mol. The van der Waals surface area contributed by atoms with Gasteiger partial charge in [-0.15, -0.1) is 0 Å². The summed E-state index contributed by atoms with van der Waals surface area (Å²) < 4.78 is 0. The van der Waals surface area contributed by atoms with Crippen LogP contribution in [0.5, 0.6) is 0 Å². The third-order valence-corrected chi connectivity index (χ3v) is 4.61. The number of benzene rings is 1. The predicted octanol–water partition coefficient (Wildman–Crippen LogP) is 3.42. The minimum atomic E-state index is -0.141. The van der Waals surface area contributed by atoms with E-state index in [9.17, 15) is 9.59 Å². The molecule has 0 spiro atoms. The number of anilines is 1. The molecule has 1 aromatic carbocycles. The molecule has 0 radical (unpaired) electrons. The number of carbonyl (C=O) groups excluding carboxylic acids is 2. The SMILES string of the molecule is Cc1ccc(Cc2ccccn2)cc1NC(=O)N1CCC(=O)C(C)C1. The second-order valence-electron chi connectivity index (χ2n) is 6.64. The second kappa shape index (κ2) is 7.47. The lowest BCUT2D eigenvalue weighted by Crippen LogP contribution is -2.45. The highest BCUT2D eigenvalue weighted by molar-refractivity contribution is 5.92. The molecule has 1 N–H and O–H groups in total. The van der Waals surface area contributed by atoms with Gasteiger partial charge in [0.2, 0.25) is 0 Å². The zero-order valence-corrected chi connectivity index (χ0v) is 14.7. The molecular weight excluding hydrogens is 314 g/mol. The maximum atomic E-state index is 12.5. The Hall–Kier alpha value is -2.69. The van der Waals surface area contributed by atoms with E-state index >= 15 is 0 Å². The molecule has 1 unspecified atom stereocenters. The molecule has 3 rings (SSSR count). The molecule has 25 heavy (non-hydrogen) atoms. The normalized spacial score (nSPS) is 17.4. The number of hydrogen-bond acceptors (Lipinski definition) is 3. The summed E-state index contributed by atoms with van der Waals surface area (Å²) in [5.74, 6) is 0.147. The minimum Gasteiger partial charge on any atom is -0.323 e. The highest BCUT2D eigenvalue weighted by Gasteiger charge is 2.26. The van der Waals surface area contributed by atoms with Crippen LogP contribution < -0.4 is 5.32 Å². The zero-order chi connectivity index (χ0) is 17.8. The van der Waals surface area contributed by atoms with Crippen molar-refractivity contribution < 1.29 is 9.59 Å². The standard InChI is InChI=1S/C20H23N3O2/c1-14-6-7-16(11-17-5-3-4-9-21-17)12-18(14)22-20(25)23-10-8-19(24)15(2)13-23/h3-7,9,12,15H,8,10-11,13H2,1-2H3,(H,22,25). The third-order valence-electron chi connectivity index (χ3n) is 4.61. The van der Waals surface area contributed by atoms with Crippen LogP contribution in [0.3, 0.4) is 0 Å². The largest absolute Gasteiger partial charge is 0.323 e. The van der Waals surface area contributed by atoms with Gasteiger partial charge in [0.15, 0.2) is 0 Å². The molecule has 2 amide bonds. The Morgan fingerprint density at radius 1 is 1.32 bits per heavy atom. The van der Waals surface area contributed by atoms with Crippen LogP contribution in [0.25, 0.3) is 0 Å². The first-order chi connectivity index (χ1) is 12.0. The van der Waals surface area contributed by atoms with E-state index in [1.807, 2.05) is 44.2 Å². The third kappa shape index (κ3) is 4.24. The lowest BCUT2D eigenvalue weighted by Gasteiger charge is -2.30. The number of piperidine rings is 1. The number of aromatic nitrogens is 1. The summed E-state index contributed by atoms with van der Waals surface area (Å²) in [6, 6.07) is 11.8. The van der Waals surface area contributed by atoms with Gasteiger partial charge < -0.3 is 10.2 Å². The second-order valence-corrected chi connectivity index (χ2v) is 6.64. The first-order valence-electron chi connectivity index (χ1n) is 8.61. The van der Waals surface area contributed by atoms with Crippen LogP contribution >= 0.6 is 0 Å². The van der Waals surface area contributed by atoms with Crippen molar-refractivity contribution in [3.8, 4) is 0 Å². The molecule has 2 heterocycles. The lowest BCUT2D eigenvalue weighted by atomic mass is 9.99. The quantitative estimate of drug-likeness (QED) is 0.933. The van der Waals surface area contributed by atoms with E-state index in [4.69, 9.17) is 0 Å². The van der Waals surface area contributed by atoms with Gasteiger partial charge in [0.25, 0.3) is 0 Å². The highest BCUT2D eigenvalue weighted by Crippen LogP contribution is 2.20. The number of pyridine rings is 1. The fourth-order valence-electron chi connectivity index (χ4n) is 3.02. The zero-order valence-electron chi connectivity index (χ0n) is 14.7. The maximum absolute atomic E-state index is 12.5. The molecule has 0 aliphatic carbocycles. The number of aryl methyl sites for hydroxylation is 1. The molecule has 1 atom stereocenters. The molecule has 0 bridgehead atoms. The summed E-state index contributed by atoms with van der Waals surface area (Å²) in [7, 11) is 0. The van der Waals surface area contributed by atoms with Crippen molar-refractivity contribution in [2.75, 3.05) is 18.4 Å². The van der Waals surface area contributed by atoms with Crippen molar-refractivity contribution in [2.45, 2.75) is 26.7 Å². The number of rotatable bonds is 3. The van der Waals surface area contributed by atoms with E-state index in [1.165, 1.54) is 0 Å². The summed E-state index contributed by atoms with van der Waals surface area (Å²) in [4.78, 5) is 30.2. The summed E-state index contributed by atoms with van der Waals surface area (Å²) in [5.41, 5.74) is 3.91. The Labute approximate surface area is 148 Å². The first-order valence-corrected chi connectivity index (χ1v) is 8.61. The highest BCUT2D eigenvalue weighted by atomic mass is 16.2. The van der Waals surface area contributed by atoms with Crippen LogP contribution in [-0.2, 0) is 11.2 Å². The van der Waals surface area contributed by atoms with Gasteiger partial charge in [0.05, 0.1) is 0 Å². The molecule has 1 aromatic heterocycles. The molecule has 5 heteroatoms. The smallest absolute Gasteiger partial charge is 0.321 e. The molecule has 1 saturated heterocycles. The van der Waals surface area contributed by atoms with Crippen molar-refractivity contribution in [1.82, 2.24) is 9.88 Å². The Morgan fingerprint density at radius 2 is 2.16 bits per heavy atom. The van der Waals surface area contributed by atoms with Crippen LogP contribution in [0.2, 0.25) is 0 Å². The van der Waals surface area contributed by atoms with Crippen molar-refractivity contribution in [3.05, 3.63) is 59.4 Å². The van der Waals surface area contributed by atoms with Crippen LogP contribution in [0, 0.1) is 12.8 Å². The fraction of sp³-hybridized carbons (Fsp3) is 0.350. The molecule has 5 nitrogen and oxygen atoms in total. The van der Waals surface area contributed by atoms with E-state index in [0.29, 0.717) is 19.5 Å². The first kappa shape index (κ1) is 17.1. The van der Waals surface area contributed by atoms with Gasteiger partial charge in [-0.05, 0) is 36.2 Å². The Kier molecular flexibility index (Phi) is 5.12. The number of hydrogen-bond donors (Lipinski definition) is 1. The fourth-order valence-corrected chi connectivity index (χ4v) is 3.02. The molecule has 1 aliphatic heterocycles. The monoisotopic (exact) mass is 337 g/mol. The Morgan fingerprint density at radius 3 is 2.88 bits per heavy atom. The summed E-state index contributed by atoms with van der Waals surface area (Å²) in [6.07, 6.45) is 2.94. The van der Waals surface area contributed by atoms with Crippen molar-refractivity contribution >= 4 is 17.5 Å². The van der Waals surface area contributed by atoms with E-state index in [2.05, 4.69) is 16.4 Å². The number of ketones is 1.